The number of fused-ring (bicyclic) bond motifs is 1. The number of benzene rings is 2. The van der Waals surface area contributed by atoms with Crippen LogP contribution < -0.4 is 5.32 Å². The van der Waals surface area contributed by atoms with Crippen LogP contribution in [0.4, 0.5) is 22.1 Å². The highest BCUT2D eigenvalue weighted by molar-refractivity contribution is 7.86. The molecule has 3 aromatic heterocycles. The fourth-order valence-corrected chi connectivity index (χ4v) is 5.95. The van der Waals surface area contributed by atoms with E-state index >= 15 is 0 Å². The van der Waals surface area contributed by atoms with Gasteiger partial charge in [-0.05, 0) is 60.9 Å². The highest BCUT2D eigenvalue weighted by Gasteiger charge is 2.27. The number of aromatic amines is 1. The molecule has 16 nitrogen and oxygen atoms in total. The molecule has 0 bridgehead atoms. The van der Waals surface area contributed by atoms with Gasteiger partial charge in [0.25, 0.3) is 26.1 Å². The second kappa shape index (κ2) is 11.2. The predicted molar refractivity (Wildman–Crippen MR) is 163 cm³/mol. The number of nitrogens with zero attached hydrogens (tertiary/aromatic N) is 7. The van der Waals surface area contributed by atoms with Gasteiger partial charge in [0.2, 0.25) is 5.69 Å². The first-order valence-electron chi connectivity index (χ1n) is 12.7. The van der Waals surface area contributed by atoms with Gasteiger partial charge in [-0.15, -0.1) is 20.0 Å². The summed E-state index contributed by atoms with van der Waals surface area (Å²) >= 11 is 1.07. The van der Waals surface area contributed by atoms with Crippen molar-refractivity contribution in [3.63, 3.8) is 0 Å². The van der Waals surface area contributed by atoms with Crippen molar-refractivity contribution in [2.24, 2.45) is 10.2 Å². The average Bonchev–Trinajstić information content (AvgIpc) is 3.63. The van der Waals surface area contributed by atoms with Crippen LogP contribution in [0.1, 0.15) is 42.5 Å². The highest BCUT2D eigenvalue weighted by Crippen LogP contribution is 2.39. The van der Waals surface area contributed by atoms with Crippen molar-refractivity contribution in [1.29, 1.82) is 0 Å². The van der Waals surface area contributed by atoms with E-state index in [-0.39, 0.29) is 5.69 Å². The van der Waals surface area contributed by atoms with E-state index in [0.717, 1.165) is 23.7 Å². The zero-order chi connectivity index (χ0) is 32.9. The van der Waals surface area contributed by atoms with Gasteiger partial charge in [0.15, 0.2) is 22.2 Å². The molecule has 0 atom stereocenters. The smallest absolute Gasteiger partial charge is 0.294 e. The molecule has 0 saturated carbocycles. The Morgan fingerprint density at radius 2 is 1.64 bits per heavy atom. The molecule has 5 aromatic rings. The first-order chi connectivity index (χ1) is 21.0. The highest BCUT2D eigenvalue weighted by atomic mass is 32.2. The third kappa shape index (κ3) is 6.50. The lowest BCUT2D eigenvalue weighted by atomic mass is 9.91. The van der Waals surface area contributed by atoms with Crippen LogP contribution in [0.3, 0.4) is 0 Å². The van der Waals surface area contributed by atoms with Gasteiger partial charge >= 0.3 is 0 Å². The first-order valence-corrected chi connectivity index (χ1v) is 16.4. The average molecular weight is 670 g/mol. The van der Waals surface area contributed by atoms with Crippen molar-refractivity contribution in [2.75, 3.05) is 5.32 Å². The van der Waals surface area contributed by atoms with Gasteiger partial charge in [-0.3, -0.25) is 13.9 Å². The Balaban J connectivity index is 1.44. The number of nitrogens with one attached hydrogen (secondary N) is 2. The van der Waals surface area contributed by atoms with Crippen molar-refractivity contribution >= 4 is 65.4 Å². The zero-order valence-electron chi connectivity index (χ0n) is 23.8. The molecule has 45 heavy (non-hydrogen) atoms. The van der Waals surface area contributed by atoms with Crippen molar-refractivity contribution in [1.82, 2.24) is 24.2 Å². The SMILES string of the molecule is [C-]#[N+]c1c(C)nsc1N=Nc1c(C(C)(C)C)nn2nc(-c3ccc(NC(=O)c4cc(S(=O)(=O)O)cc(S(=O)(=O)O)c4)cc3)[nH]c12. The molecule has 0 aliphatic rings. The van der Waals surface area contributed by atoms with E-state index < -0.39 is 46.9 Å². The van der Waals surface area contributed by atoms with Crippen molar-refractivity contribution < 1.29 is 30.7 Å². The molecular weight excluding hydrogens is 647 g/mol. The summed E-state index contributed by atoms with van der Waals surface area (Å²) in [6.45, 7) is 15.0. The number of hydrogen-bond acceptors (Lipinski definition) is 11. The van der Waals surface area contributed by atoms with Gasteiger partial charge in [-0.1, -0.05) is 20.8 Å². The maximum absolute atomic E-state index is 12.8. The standard InChI is InChI=1S/C26H23N9O7S3/c1-13-19(27-5)25(43-34-13)31-30-20-21(26(2,3)4)32-35-23(20)29-22(33-35)14-6-8-16(9-7-14)28-24(36)15-10-17(44(37,38)39)12-18(11-15)45(40,41)42/h6-12H,1-4H3,(H,28,36)(H,29,33)(H,37,38,39)(H,40,41,42). The molecular formula is C26H23N9O7S3. The number of carbonyl (C=O) groups is 1. The number of aromatic nitrogens is 5. The summed E-state index contributed by atoms with van der Waals surface area (Å²) in [5.41, 5.74) is 2.39. The number of aryl methyl sites for hydroxylation is 1. The second-order valence-corrected chi connectivity index (χ2v) is 14.3. The largest absolute Gasteiger partial charge is 0.322 e. The number of hydrogen-bond donors (Lipinski definition) is 4. The molecule has 0 unspecified atom stereocenters. The van der Waals surface area contributed by atoms with Gasteiger partial charge in [0, 0.05) is 22.2 Å². The summed E-state index contributed by atoms with van der Waals surface area (Å²) in [7, 11) is -9.78. The van der Waals surface area contributed by atoms with Crippen LogP contribution in [0.25, 0.3) is 21.9 Å². The maximum Gasteiger partial charge on any atom is 0.294 e. The van der Waals surface area contributed by atoms with Crippen LogP contribution >= 0.6 is 11.5 Å². The number of azo groups is 1. The molecule has 0 saturated heterocycles. The molecule has 0 fully saturated rings. The second-order valence-electron chi connectivity index (χ2n) is 10.7. The summed E-state index contributed by atoms with van der Waals surface area (Å²) in [5, 5.41) is 20.7. The van der Waals surface area contributed by atoms with Crippen LogP contribution in [0.15, 0.2) is 62.5 Å². The molecule has 0 aliphatic carbocycles. The Hall–Kier alpha value is -4.87. The molecule has 0 aliphatic heterocycles. The molecule has 232 valence electrons. The van der Waals surface area contributed by atoms with Gasteiger partial charge < -0.3 is 10.3 Å². The Labute approximate surface area is 260 Å². The van der Waals surface area contributed by atoms with Crippen LogP contribution in [-0.2, 0) is 25.7 Å². The fraction of sp³-hybridized carbons (Fsp3) is 0.192. The van der Waals surface area contributed by atoms with Crippen molar-refractivity contribution in [3.05, 3.63) is 70.8 Å². The van der Waals surface area contributed by atoms with E-state index in [9.17, 15) is 30.7 Å². The summed E-state index contributed by atoms with van der Waals surface area (Å²) in [4.78, 5) is 17.7. The van der Waals surface area contributed by atoms with Crippen molar-refractivity contribution in [3.8, 4) is 11.4 Å². The molecule has 5 rings (SSSR count). The van der Waals surface area contributed by atoms with Crippen molar-refractivity contribution in [2.45, 2.75) is 42.9 Å². The molecule has 1 amide bonds. The van der Waals surface area contributed by atoms with E-state index in [4.69, 9.17) is 6.57 Å². The summed E-state index contributed by atoms with van der Waals surface area (Å²) in [6.07, 6.45) is 0. The summed E-state index contributed by atoms with van der Waals surface area (Å²) in [5.74, 6) is -0.502. The molecule has 3 heterocycles. The van der Waals surface area contributed by atoms with E-state index in [1.165, 1.54) is 16.8 Å². The van der Waals surface area contributed by atoms with Crippen LogP contribution in [0.5, 0.6) is 0 Å². The van der Waals surface area contributed by atoms with E-state index in [2.05, 4.69) is 39.9 Å². The third-order valence-electron chi connectivity index (χ3n) is 6.31. The quantitative estimate of drug-likeness (QED) is 0.0966. The number of H-pyrrole nitrogens is 1. The number of rotatable bonds is 7. The molecule has 19 heteroatoms. The van der Waals surface area contributed by atoms with E-state index in [1.807, 2.05) is 20.8 Å². The Morgan fingerprint density at radius 3 is 2.20 bits per heavy atom. The number of amides is 1. The zero-order valence-corrected chi connectivity index (χ0v) is 26.3. The lowest BCUT2D eigenvalue weighted by Crippen LogP contribution is -2.14. The molecule has 0 spiro atoms. The lowest BCUT2D eigenvalue weighted by Gasteiger charge is -2.15. The van der Waals surface area contributed by atoms with Gasteiger partial charge in [0.05, 0.1) is 27.8 Å². The summed E-state index contributed by atoms with van der Waals surface area (Å²) < 4.78 is 70.6. The Bertz CT molecular complexity index is 2220. The molecule has 4 N–H and O–H groups in total. The molecule has 2 aromatic carbocycles. The monoisotopic (exact) mass is 669 g/mol. The van der Waals surface area contributed by atoms with Crippen LogP contribution in [-0.4, -0.2) is 56.0 Å². The van der Waals surface area contributed by atoms with E-state index in [1.54, 1.807) is 19.1 Å². The predicted octanol–water partition coefficient (Wildman–Crippen LogP) is 5.50. The van der Waals surface area contributed by atoms with Gasteiger partial charge in [0.1, 0.15) is 0 Å². The minimum atomic E-state index is -4.89. The normalized spacial score (nSPS) is 12.6. The topological polar surface area (TPSA) is 226 Å². The first kappa shape index (κ1) is 31.6. The summed E-state index contributed by atoms with van der Waals surface area (Å²) in [6, 6.07) is 8.36. The minimum absolute atomic E-state index is 0.255. The number of anilines is 1. The van der Waals surface area contributed by atoms with E-state index in [0.29, 0.717) is 50.9 Å². The third-order valence-corrected chi connectivity index (χ3v) is 8.78. The van der Waals surface area contributed by atoms with Gasteiger partial charge in [-0.25, -0.2) is 9.22 Å². The number of carbonyl (C=O) groups excluding carboxylic acids is 1. The Morgan fingerprint density at radius 1 is 1.02 bits per heavy atom. The Kier molecular flexibility index (Phi) is 7.88. The lowest BCUT2D eigenvalue weighted by molar-refractivity contribution is 0.102. The minimum Gasteiger partial charge on any atom is -0.322 e. The van der Waals surface area contributed by atoms with Crippen LogP contribution in [0, 0.1) is 13.5 Å². The van der Waals surface area contributed by atoms with Gasteiger partial charge in [-0.2, -0.15) is 21.9 Å². The fourth-order valence-electron chi connectivity index (χ4n) is 4.10. The molecule has 0 radical (unpaired) electrons. The van der Waals surface area contributed by atoms with Crippen LogP contribution in [0.2, 0.25) is 0 Å². The maximum atomic E-state index is 12.8.